The summed E-state index contributed by atoms with van der Waals surface area (Å²) in [5.74, 6) is 2.08. The quantitative estimate of drug-likeness (QED) is 0.0471. The molecule has 1 aliphatic carbocycles. The van der Waals surface area contributed by atoms with E-state index in [2.05, 4.69) is 32.9 Å². The molecule has 9 amide bonds. The van der Waals surface area contributed by atoms with E-state index in [9.17, 15) is 43.2 Å². The monoisotopic (exact) mass is 1020 g/mol. The van der Waals surface area contributed by atoms with Gasteiger partial charge in [0.2, 0.25) is 11.8 Å². The number of ether oxygens (including phenoxy) is 2. The van der Waals surface area contributed by atoms with E-state index in [1.807, 2.05) is 48.5 Å². The minimum atomic E-state index is -1.12. The zero-order valence-electron chi connectivity index (χ0n) is 37.7. The van der Waals surface area contributed by atoms with Gasteiger partial charge in [-0.25, -0.2) is 4.79 Å². The van der Waals surface area contributed by atoms with E-state index in [0.717, 1.165) is 73.4 Å². The number of hydroxylamine groups is 1. The molecule has 0 spiro atoms. The Hall–Kier alpha value is -6.34. The predicted octanol–water partition coefficient (Wildman–Crippen LogP) is -1.49. The number of imide groups is 3. The van der Waals surface area contributed by atoms with Crippen molar-refractivity contribution < 1.29 is 95.2 Å². The molecule has 1 radical (unpaired) electrons. The van der Waals surface area contributed by atoms with Gasteiger partial charge in [-0.1, -0.05) is 48.2 Å². The van der Waals surface area contributed by atoms with Gasteiger partial charge in [0.05, 0.1) is 32.3 Å². The van der Waals surface area contributed by atoms with Gasteiger partial charge < -0.3 is 30.4 Å². The number of amidine groups is 1. The van der Waals surface area contributed by atoms with Crippen LogP contribution in [-0.4, -0.2) is 157 Å². The minimum Gasteiger partial charge on any atom is -0.532 e. The molecule has 0 aromatic heterocycles. The number of nitrogens with one attached hydrogen (secondary N) is 3. The molecule has 4 aliphatic heterocycles. The van der Waals surface area contributed by atoms with Gasteiger partial charge >= 0.3 is 5.91 Å². The van der Waals surface area contributed by atoms with Crippen LogP contribution in [0.4, 0.5) is 0 Å². The smallest absolute Gasteiger partial charge is 0.311 e. The molecule has 0 bridgehead atoms. The van der Waals surface area contributed by atoms with Crippen molar-refractivity contribution in [2.24, 2.45) is 5.41 Å². The maximum absolute atomic E-state index is 13.7. The van der Waals surface area contributed by atoms with E-state index in [1.165, 1.54) is 4.90 Å². The summed E-state index contributed by atoms with van der Waals surface area (Å²) in [7, 11) is 0. The largest absolute Gasteiger partial charge is 0.532 e. The Morgan fingerprint density at radius 1 is 0.652 bits per heavy atom. The first-order chi connectivity index (χ1) is 32.9. The number of hydrogen-bond acceptors (Lipinski definition) is 12. The topological polar surface area (TPSA) is 246 Å². The van der Waals surface area contributed by atoms with Crippen molar-refractivity contribution in [3.8, 4) is 11.8 Å². The molecule has 2 aromatic rings. The minimum absolute atomic E-state index is 0. The SMILES string of the molecule is O=C(CCN1C(=O)C=CC1=O)NCC1(CNC(=O)CCN2C(=O)C=CC2=O)CN(C(=O)CCN2C(=O)C=CC2=O)C1=[NH+]CCOCCOCC[N-]OC1Cc2ccccc2C#Cc2ccccc21.[Y]. The third kappa shape index (κ3) is 13.5. The summed E-state index contributed by atoms with van der Waals surface area (Å²) in [5.41, 5.74) is 7.06. The van der Waals surface area contributed by atoms with Crippen LogP contribution in [0, 0.1) is 17.3 Å². The fraction of sp³-hybridized carbons (Fsp3) is 0.375. The number of rotatable bonds is 24. The van der Waals surface area contributed by atoms with E-state index in [-0.39, 0.29) is 137 Å². The number of amides is 9. The molecule has 1 unspecified atom stereocenters. The summed E-state index contributed by atoms with van der Waals surface area (Å²) in [5, 5.41) is 5.60. The normalized spacial score (nSPS) is 18.1. The molecular formula is C48H50N8O12Y. The zero-order chi connectivity index (χ0) is 48.0. The van der Waals surface area contributed by atoms with Crippen molar-refractivity contribution in [1.29, 1.82) is 0 Å². The fourth-order valence-corrected chi connectivity index (χ4v) is 7.98. The molecule has 1 atom stereocenters. The summed E-state index contributed by atoms with van der Waals surface area (Å²) >= 11 is 0. The average Bonchev–Trinajstić information content (AvgIpc) is 3.95. The van der Waals surface area contributed by atoms with Gasteiger partial charge in [-0.2, -0.15) is 4.90 Å². The van der Waals surface area contributed by atoms with Crippen LogP contribution in [-0.2, 0) is 96.6 Å². The number of nitrogens with zero attached hydrogens (tertiary/aromatic N) is 5. The first kappa shape index (κ1) is 52.0. The fourth-order valence-electron chi connectivity index (χ4n) is 7.98. The van der Waals surface area contributed by atoms with Gasteiger partial charge in [-0.15, -0.1) is 6.54 Å². The van der Waals surface area contributed by atoms with Gasteiger partial charge in [0.1, 0.15) is 18.5 Å². The number of likely N-dealkylation sites (tertiary alicyclic amines) is 1. The molecule has 2 aromatic carbocycles. The second kappa shape index (κ2) is 24.8. The van der Waals surface area contributed by atoms with Crippen LogP contribution in [0.2, 0.25) is 0 Å². The molecule has 1 saturated heterocycles. The molecular weight excluding hydrogens is 969 g/mol. The maximum atomic E-state index is 13.7. The molecule has 69 heavy (non-hydrogen) atoms. The van der Waals surface area contributed by atoms with Gasteiger partial charge in [0, 0.05) is 139 Å². The summed E-state index contributed by atoms with van der Waals surface area (Å²) in [6, 6.07) is 15.8. The summed E-state index contributed by atoms with van der Waals surface area (Å²) in [6.07, 6.45) is 6.30. The number of carbonyl (C=O) groups is 9. The molecule has 357 valence electrons. The van der Waals surface area contributed by atoms with E-state index in [4.69, 9.17) is 14.3 Å². The molecule has 21 heteroatoms. The van der Waals surface area contributed by atoms with Crippen LogP contribution < -0.4 is 15.6 Å². The Kier molecular flexibility index (Phi) is 18.7. The molecule has 20 nitrogen and oxygen atoms in total. The number of carbonyl (C=O) groups excluding carboxylic acids is 9. The van der Waals surface area contributed by atoms with Crippen molar-refractivity contribution in [3.63, 3.8) is 0 Å². The second-order valence-electron chi connectivity index (χ2n) is 16.2. The first-order valence-corrected chi connectivity index (χ1v) is 22.1. The van der Waals surface area contributed by atoms with Crippen molar-refractivity contribution in [3.05, 3.63) is 113 Å². The van der Waals surface area contributed by atoms with Crippen LogP contribution in [0.1, 0.15) is 47.6 Å². The van der Waals surface area contributed by atoms with Crippen molar-refractivity contribution >= 4 is 59.0 Å². The zero-order valence-corrected chi connectivity index (χ0v) is 40.5. The third-order valence-corrected chi connectivity index (χ3v) is 11.7. The first-order valence-electron chi connectivity index (χ1n) is 22.1. The van der Waals surface area contributed by atoms with E-state index in [0.29, 0.717) is 12.3 Å². The maximum Gasteiger partial charge on any atom is 0.311 e. The van der Waals surface area contributed by atoms with E-state index < -0.39 is 58.6 Å². The van der Waals surface area contributed by atoms with Crippen molar-refractivity contribution in [2.45, 2.75) is 31.8 Å². The van der Waals surface area contributed by atoms with Crippen LogP contribution in [0.5, 0.6) is 0 Å². The Bertz CT molecular complexity index is 2430. The number of benzene rings is 2. The summed E-state index contributed by atoms with van der Waals surface area (Å²) in [4.78, 5) is 126. The average molecular weight is 1020 g/mol. The van der Waals surface area contributed by atoms with Gasteiger partial charge in [0.15, 0.2) is 0 Å². The van der Waals surface area contributed by atoms with Gasteiger partial charge in [-0.05, 0) is 23.3 Å². The number of hydrogen-bond donors (Lipinski definition) is 3. The second-order valence-corrected chi connectivity index (χ2v) is 16.2. The van der Waals surface area contributed by atoms with Crippen LogP contribution in [0.15, 0.2) is 85.0 Å². The predicted molar refractivity (Wildman–Crippen MR) is 239 cm³/mol. The Morgan fingerprint density at radius 3 is 1.72 bits per heavy atom. The molecule has 3 N–H and O–H groups in total. The van der Waals surface area contributed by atoms with Crippen LogP contribution in [0.25, 0.3) is 5.48 Å². The number of fused-ring (bicyclic) bond motifs is 2. The van der Waals surface area contributed by atoms with E-state index in [1.54, 1.807) is 0 Å². The van der Waals surface area contributed by atoms with Crippen molar-refractivity contribution in [2.75, 3.05) is 78.8 Å². The van der Waals surface area contributed by atoms with Crippen LogP contribution in [0.3, 0.4) is 0 Å². The van der Waals surface area contributed by atoms with Crippen molar-refractivity contribution in [1.82, 2.24) is 30.2 Å². The molecule has 7 rings (SSSR count). The Balaban J connectivity index is 0.00000782. The summed E-state index contributed by atoms with van der Waals surface area (Å²) < 4.78 is 11.5. The molecule has 5 aliphatic rings. The van der Waals surface area contributed by atoms with Gasteiger partial charge in [0.25, 0.3) is 41.3 Å². The van der Waals surface area contributed by atoms with Gasteiger partial charge in [-0.3, -0.25) is 58.0 Å². The standard InChI is InChI=1S/C48H49N8O12.Y/c57-38(17-22-53-40(59)11-12-41(53)60)50-30-48(31-51-39(58)18-23-54-42(61)13-14-43(54)62)32-56(46(65)19-24-55-44(63)15-16-45(55)64)47(48)49-20-25-66-27-28-67-26-21-52-68-37-29-35-7-2-1-5-33(35)9-10-34-6-3-4-8-36(34)37;/h1-8,11-16,37H,17-32H2,(H,50,57)(H,51,58);/q-1;/p+1. The Morgan fingerprint density at radius 2 is 1.14 bits per heavy atom. The molecule has 4 heterocycles. The summed E-state index contributed by atoms with van der Waals surface area (Å²) in [6.45, 7) is 0.534. The van der Waals surface area contributed by atoms with E-state index >= 15 is 0 Å². The molecule has 0 saturated carbocycles. The van der Waals surface area contributed by atoms with Crippen LogP contribution >= 0.6 is 0 Å². The Labute approximate surface area is 422 Å². The molecule has 1 fully saturated rings. The third-order valence-electron chi connectivity index (χ3n) is 11.7.